The topological polar surface area (TPSA) is 12.4 Å². The zero-order valence-corrected chi connectivity index (χ0v) is 5.22. The number of nitrogens with zero attached hydrogens (tertiary/aromatic N) is 1. The molecule has 1 heterocycles. The van der Waals surface area contributed by atoms with Gasteiger partial charge in [-0.15, -0.1) is 0 Å². The van der Waals surface area contributed by atoms with Crippen LogP contribution in [0.3, 0.4) is 0 Å². The van der Waals surface area contributed by atoms with E-state index in [9.17, 15) is 0 Å². The minimum atomic E-state index is 0.798. The molecule has 0 fully saturated rings. The second-order valence-corrected chi connectivity index (χ2v) is 2.30. The highest BCUT2D eigenvalue weighted by Gasteiger charge is 2.11. The zero-order chi connectivity index (χ0) is 6.10. The van der Waals surface area contributed by atoms with Crippen LogP contribution in [0.5, 0.6) is 0 Å². The second kappa shape index (κ2) is 1.83. The molecule has 0 N–H and O–H groups in total. The third-order valence-corrected chi connectivity index (χ3v) is 1.71. The number of rotatable bonds is 0. The van der Waals surface area contributed by atoms with Gasteiger partial charge in [-0.25, -0.2) is 0 Å². The summed E-state index contributed by atoms with van der Waals surface area (Å²) in [5.74, 6) is 0. The summed E-state index contributed by atoms with van der Waals surface area (Å²) in [7, 11) is 0. The number of fused-ring (bicyclic) bond motifs is 1. The molecule has 1 radical (unpaired) electrons. The van der Waals surface area contributed by atoms with E-state index in [1.165, 1.54) is 11.3 Å². The predicted molar refractivity (Wildman–Crippen MR) is 37.4 cm³/mol. The maximum Gasteiger partial charge on any atom is 0.0650 e. The largest absolute Gasteiger partial charge is 0.284 e. The van der Waals surface area contributed by atoms with Crippen LogP contribution in [-0.4, -0.2) is 12.3 Å². The van der Waals surface area contributed by atoms with Gasteiger partial charge in [-0.05, 0) is 18.1 Å². The SMILES string of the molecule is [C]1=C2CC=CCC2=NC1. The average Bonchev–Trinajstić information content (AvgIpc) is 2.33. The Kier molecular flexibility index (Phi) is 1.01. The fourth-order valence-electron chi connectivity index (χ4n) is 1.20. The normalized spacial score (nSPS) is 23.1. The molecule has 1 aliphatic carbocycles. The van der Waals surface area contributed by atoms with Crippen LogP contribution in [-0.2, 0) is 0 Å². The minimum Gasteiger partial charge on any atom is -0.284 e. The first-order chi connectivity index (χ1) is 4.47. The van der Waals surface area contributed by atoms with Gasteiger partial charge in [-0.1, -0.05) is 12.2 Å². The molecule has 0 amide bonds. The summed E-state index contributed by atoms with van der Waals surface area (Å²) in [6.45, 7) is 0.798. The van der Waals surface area contributed by atoms with E-state index in [1.54, 1.807) is 0 Å². The van der Waals surface area contributed by atoms with Crippen molar-refractivity contribution in [1.29, 1.82) is 0 Å². The molecular formula is C8H8N. The van der Waals surface area contributed by atoms with Gasteiger partial charge in [-0.3, -0.25) is 4.99 Å². The number of allylic oxidation sites excluding steroid dienone is 3. The van der Waals surface area contributed by atoms with E-state index in [1.807, 2.05) is 0 Å². The molecule has 2 aliphatic rings. The second-order valence-electron chi connectivity index (χ2n) is 2.30. The van der Waals surface area contributed by atoms with Crippen molar-refractivity contribution in [2.75, 3.05) is 6.54 Å². The highest BCUT2D eigenvalue weighted by Crippen LogP contribution is 2.17. The summed E-state index contributed by atoms with van der Waals surface area (Å²) in [5.41, 5.74) is 2.59. The quantitative estimate of drug-likeness (QED) is 0.428. The molecule has 0 aromatic heterocycles. The van der Waals surface area contributed by atoms with Crippen LogP contribution >= 0.6 is 0 Å². The van der Waals surface area contributed by atoms with E-state index in [0.717, 1.165) is 19.4 Å². The smallest absolute Gasteiger partial charge is 0.0650 e. The van der Waals surface area contributed by atoms with Crippen molar-refractivity contribution in [1.82, 2.24) is 0 Å². The molecule has 0 atom stereocenters. The maximum atomic E-state index is 4.27. The van der Waals surface area contributed by atoms with Crippen molar-refractivity contribution in [2.45, 2.75) is 12.8 Å². The van der Waals surface area contributed by atoms with Gasteiger partial charge in [0.15, 0.2) is 0 Å². The third-order valence-electron chi connectivity index (χ3n) is 1.71. The lowest BCUT2D eigenvalue weighted by Gasteiger charge is -2.05. The lowest BCUT2D eigenvalue weighted by Crippen LogP contribution is -2.00. The molecule has 0 bridgehead atoms. The lowest BCUT2D eigenvalue weighted by atomic mass is 10.0. The van der Waals surface area contributed by atoms with Gasteiger partial charge < -0.3 is 0 Å². The standard InChI is InChI=1S/C8H8N/c1-2-4-8-7(3-1)5-6-9-8/h1-2H,3-4,6H2. The van der Waals surface area contributed by atoms with Gasteiger partial charge in [0.2, 0.25) is 0 Å². The van der Waals surface area contributed by atoms with Crippen LogP contribution in [0.4, 0.5) is 0 Å². The van der Waals surface area contributed by atoms with Crippen LogP contribution in [0.2, 0.25) is 0 Å². The maximum absolute atomic E-state index is 4.27. The van der Waals surface area contributed by atoms with Crippen LogP contribution < -0.4 is 0 Å². The fraction of sp³-hybridized carbons (Fsp3) is 0.375. The Morgan fingerprint density at radius 3 is 3.11 bits per heavy atom. The molecular weight excluding hydrogens is 110 g/mol. The summed E-state index contributed by atoms with van der Waals surface area (Å²) in [6.07, 6.45) is 9.67. The first kappa shape index (κ1) is 4.98. The van der Waals surface area contributed by atoms with Crippen molar-refractivity contribution >= 4 is 5.71 Å². The Hall–Kier alpha value is -0.850. The molecule has 1 aliphatic heterocycles. The van der Waals surface area contributed by atoms with Crippen molar-refractivity contribution in [3.8, 4) is 0 Å². The van der Waals surface area contributed by atoms with E-state index in [-0.39, 0.29) is 0 Å². The van der Waals surface area contributed by atoms with Gasteiger partial charge in [0, 0.05) is 12.1 Å². The monoisotopic (exact) mass is 118 g/mol. The Morgan fingerprint density at radius 1 is 1.33 bits per heavy atom. The average molecular weight is 118 g/mol. The van der Waals surface area contributed by atoms with Gasteiger partial charge >= 0.3 is 0 Å². The first-order valence-electron chi connectivity index (χ1n) is 3.25. The van der Waals surface area contributed by atoms with Gasteiger partial charge in [-0.2, -0.15) is 0 Å². The highest BCUT2D eigenvalue weighted by atomic mass is 14.8. The summed E-state index contributed by atoms with van der Waals surface area (Å²) >= 11 is 0. The van der Waals surface area contributed by atoms with Gasteiger partial charge in [0.1, 0.15) is 0 Å². The van der Waals surface area contributed by atoms with Crippen molar-refractivity contribution in [3.63, 3.8) is 0 Å². The van der Waals surface area contributed by atoms with E-state index in [4.69, 9.17) is 0 Å². The van der Waals surface area contributed by atoms with E-state index in [2.05, 4.69) is 23.2 Å². The Morgan fingerprint density at radius 2 is 2.22 bits per heavy atom. The lowest BCUT2D eigenvalue weighted by molar-refractivity contribution is 1.22. The molecule has 9 heavy (non-hydrogen) atoms. The molecule has 1 heteroatoms. The van der Waals surface area contributed by atoms with Crippen LogP contribution in [0.1, 0.15) is 12.8 Å². The molecule has 45 valence electrons. The van der Waals surface area contributed by atoms with Gasteiger partial charge in [0.25, 0.3) is 0 Å². The van der Waals surface area contributed by atoms with Crippen molar-refractivity contribution < 1.29 is 0 Å². The molecule has 1 nitrogen and oxygen atoms in total. The van der Waals surface area contributed by atoms with E-state index < -0.39 is 0 Å². The summed E-state index contributed by atoms with van der Waals surface area (Å²) in [5, 5.41) is 0. The van der Waals surface area contributed by atoms with Gasteiger partial charge in [0.05, 0.1) is 6.54 Å². The van der Waals surface area contributed by atoms with Crippen LogP contribution in [0.25, 0.3) is 0 Å². The van der Waals surface area contributed by atoms with Crippen molar-refractivity contribution in [3.05, 3.63) is 23.8 Å². The van der Waals surface area contributed by atoms with Crippen molar-refractivity contribution in [2.24, 2.45) is 4.99 Å². The third kappa shape index (κ3) is 0.727. The Labute approximate surface area is 54.8 Å². The Balaban J connectivity index is 2.35. The summed E-state index contributed by atoms with van der Waals surface area (Å²) in [4.78, 5) is 4.27. The first-order valence-corrected chi connectivity index (χ1v) is 3.25. The van der Waals surface area contributed by atoms with Crippen LogP contribution in [0.15, 0.2) is 22.7 Å². The molecule has 0 unspecified atom stereocenters. The van der Waals surface area contributed by atoms with Crippen LogP contribution in [0, 0.1) is 6.08 Å². The number of hydrogen-bond acceptors (Lipinski definition) is 1. The molecule has 0 aromatic rings. The highest BCUT2D eigenvalue weighted by molar-refractivity contribution is 6.03. The fourth-order valence-corrected chi connectivity index (χ4v) is 1.20. The molecule has 0 saturated heterocycles. The number of aliphatic imine (C=N–C) groups is 1. The van der Waals surface area contributed by atoms with E-state index >= 15 is 0 Å². The summed E-state index contributed by atoms with van der Waals surface area (Å²) < 4.78 is 0. The summed E-state index contributed by atoms with van der Waals surface area (Å²) in [6, 6.07) is 0. The zero-order valence-electron chi connectivity index (χ0n) is 5.22. The minimum absolute atomic E-state index is 0.798. The Bertz CT molecular complexity index is 187. The molecule has 2 rings (SSSR count). The van der Waals surface area contributed by atoms with E-state index in [0.29, 0.717) is 0 Å². The number of hydrogen-bond donors (Lipinski definition) is 0. The predicted octanol–water partition coefficient (Wildman–Crippen LogP) is 1.52. The molecule has 0 aromatic carbocycles. The molecule has 0 spiro atoms. The molecule has 0 saturated carbocycles.